The highest BCUT2D eigenvalue weighted by Crippen LogP contribution is 2.36. The first-order chi connectivity index (χ1) is 12.5. The zero-order valence-corrected chi connectivity index (χ0v) is 19.0. The van der Waals surface area contributed by atoms with E-state index in [0.29, 0.717) is 17.2 Å². The summed E-state index contributed by atoms with van der Waals surface area (Å²) in [5.74, 6) is 2.93. The first kappa shape index (κ1) is 22.7. The third-order valence-electron chi connectivity index (χ3n) is 6.57. The van der Waals surface area contributed by atoms with Crippen LogP contribution in [0, 0.1) is 29.1 Å². The van der Waals surface area contributed by atoms with Crippen LogP contribution >= 0.6 is 0 Å². The molecule has 0 aromatic heterocycles. The fraction of sp³-hybridized carbons (Fsp3) is 0.958. The Labute approximate surface area is 168 Å². The molecule has 0 unspecified atom stereocenters. The average Bonchev–Trinajstić information content (AvgIpc) is 2.57. The van der Waals surface area contributed by atoms with E-state index in [9.17, 15) is 4.79 Å². The molecule has 0 saturated heterocycles. The van der Waals surface area contributed by atoms with E-state index in [2.05, 4.69) is 52.2 Å². The lowest BCUT2D eigenvalue weighted by molar-refractivity contribution is -0.126. The van der Waals surface area contributed by atoms with Gasteiger partial charge in [-0.2, -0.15) is 0 Å². The van der Waals surface area contributed by atoms with Crippen LogP contribution in [0.25, 0.3) is 0 Å². The normalized spacial score (nSPS) is 30.1. The van der Waals surface area contributed by atoms with Crippen molar-refractivity contribution in [2.24, 2.45) is 29.1 Å². The van der Waals surface area contributed by atoms with E-state index in [0.717, 1.165) is 37.8 Å². The van der Waals surface area contributed by atoms with Crippen molar-refractivity contribution in [3.8, 4) is 0 Å². The summed E-state index contributed by atoms with van der Waals surface area (Å²) >= 11 is 0. The van der Waals surface area contributed by atoms with Crippen molar-refractivity contribution in [1.82, 2.24) is 10.6 Å². The molecule has 0 atom stereocenters. The van der Waals surface area contributed by atoms with Gasteiger partial charge in [0.1, 0.15) is 0 Å². The molecule has 0 aromatic rings. The summed E-state index contributed by atoms with van der Waals surface area (Å²) in [6.07, 6.45) is 11.2. The van der Waals surface area contributed by atoms with Gasteiger partial charge in [0.05, 0.1) is 0 Å². The zero-order chi connectivity index (χ0) is 20.1. The largest absolute Gasteiger partial charge is 0.356 e. The Morgan fingerprint density at radius 1 is 0.741 bits per heavy atom. The Hall–Kier alpha value is -0.570. The van der Waals surface area contributed by atoms with Crippen molar-refractivity contribution in [3.63, 3.8) is 0 Å². The van der Waals surface area contributed by atoms with Gasteiger partial charge in [-0.25, -0.2) is 0 Å². The lowest BCUT2D eigenvalue weighted by Gasteiger charge is -2.33. The predicted molar refractivity (Wildman–Crippen MR) is 116 cm³/mol. The molecule has 0 heterocycles. The van der Waals surface area contributed by atoms with Gasteiger partial charge >= 0.3 is 0 Å². The molecular weight excluding hydrogens is 332 g/mol. The molecule has 27 heavy (non-hydrogen) atoms. The van der Waals surface area contributed by atoms with Crippen LogP contribution in [0.15, 0.2) is 0 Å². The summed E-state index contributed by atoms with van der Waals surface area (Å²) in [6, 6.07) is 0. The molecular formula is C24H46N2O. The first-order valence-corrected chi connectivity index (χ1v) is 11.5. The van der Waals surface area contributed by atoms with Crippen LogP contribution in [0.5, 0.6) is 0 Å². The highest BCUT2D eigenvalue weighted by Gasteiger charge is 2.28. The van der Waals surface area contributed by atoms with E-state index in [1.807, 2.05) is 0 Å². The van der Waals surface area contributed by atoms with E-state index in [1.165, 1.54) is 44.9 Å². The molecule has 0 aliphatic heterocycles. The molecule has 2 rings (SSSR count). The van der Waals surface area contributed by atoms with Gasteiger partial charge < -0.3 is 10.6 Å². The molecule has 2 fully saturated rings. The molecule has 0 radical (unpaired) electrons. The van der Waals surface area contributed by atoms with Gasteiger partial charge in [-0.05, 0) is 95.4 Å². The molecule has 3 nitrogen and oxygen atoms in total. The van der Waals surface area contributed by atoms with Crippen LogP contribution < -0.4 is 10.6 Å². The predicted octanol–water partition coefficient (Wildman–Crippen LogP) is 5.54. The van der Waals surface area contributed by atoms with Crippen molar-refractivity contribution >= 4 is 5.91 Å². The molecule has 3 heteroatoms. The molecule has 0 spiro atoms. The maximum atomic E-state index is 12.6. The minimum atomic E-state index is 0.195. The zero-order valence-electron chi connectivity index (χ0n) is 19.0. The van der Waals surface area contributed by atoms with Crippen LogP contribution in [0.1, 0.15) is 99.3 Å². The van der Waals surface area contributed by atoms with Crippen LogP contribution in [0.3, 0.4) is 0 Å². The molecule has 2 aliphatic rings. The van der Waals surface area contributed by atoms with Gasteiger partial charge in [0.2, 0.25) is 5.91 Å². The monoisotopic (exact) mass is 378 g/mol. The number of hydrogen-bond acceptors (Lipinski definition) is 2. The number of nitrogens with one attached hydrogen (secondary N) is 2. The molecule has 1 amide bonds. The summed E-state index contributed by atoms with van der Waals surface area (Å²) in [7, 11) is 0. The van der Waals surface area contributed by atoms with Crippen LogP contribution in [-0.4, -0.2) is 24.5 Å². The Balaban J connectivity index is 1.60. The Kier molecular flexibility index (Phi) is 8.21. The maximum absolute atomic E-state index is 12.6. The van der Waals surface area contributed by atoms with Gasteiger partial charge in [-0.1, -0.05) is 33.6 Å². The van der Waals surface area contributed by atoms with Crippen molar-refractivity contribution < 1.29 is 4.79 Å². The Morgan fingerprint density at radius 2 is 1.22 bits per heavy atom. The minimum absolute atomic E-state index is 0.195. The van der Waals surface area contributed by atoms with Gasteiger partial charge in [-0.3, -0.25) is 4.79 Å². The Morgan fingerprint density at radius 3 is 1.74 bits per heavy atom. The van der Waals surface area contributed by atoms with Crippen molar-refractivity contribution in [2.45, 2.75) is 105 Å². The van der Waals surface area contributed by atoms with Gasteiger partial charge in [0.15, 0.2) is 0 Å². The lowest BCUT2D eigenvalue weighted by Crippen LogP contribution is -2.41. The lowest BCUT2D eigenvalue weighted by atomic mass is 9.74. The highest BCUT2D eigenvalue weighted by molar-refractivity contribution is 5.78. The molecule has 2 N–H and O–H groups in total. The smallest absolute Gasteiger partial charge is 0.223 e. The maximum Gasteiger partial charge on any atom is 0.223 e. The van der Waals surface area contributed by atoms with Crippen molar-refractivity contribution in [1.29, 1.82) is 0 Å². The quantitative estimate of drug-likeness (QED) is 0.637. The summed E-state index contributed by atoms with van der Waals surface area (Å²) in [6.45, 7) is 15.7. The fourth-order valence-electron chi connectivity index (χ4n) is 4.97. The third kappa shape index (κ3) is 8.98. The van der Waals surface area contributed by atoms with Crippen molar-refractivity contribution in [2.75, 3.05) is 13.1 Å². The van der Waals surface area contributed by atoms with E-state index in [-0.39, 0.29) is 11.5 Å². The van der Waals surface area contributed by atoms with Crippen molar-refractivity contribution in [3.05, 3.63) is 0 Å². The minimum Gasteiger partial charge on any atom is -0.356 e. The van der Waals surface area contributed by atoms with E-state index >= 15 is 0 Å². The SMILES string of the molecule is CC(C)(C)CC1CCC(CNC(=O)C2CCC(CNC(C)(C)C)CC2)CC1. The third-order valence-corrected chi connectivity index (χ3v) is 6.57. The average molecular weight is 379 g/mol. The fourth-order valence-corrected chi connectivity index (χ4v) is 4.97. The second kappa shape index (κ2) is 9.76. The molecule has 2 saturated carbocycles. The standard InChI is InChI=1S/C24H46N2O/c1-23(2,3)15-18-7-9-19(10-8-18)16-25-22(27)21-13-11-20(12-14-21)17-26-24(4,5)6/h18-21,26H,7-17H2,1-6H3,(H,25,27). The van der Waals surface area contributed by atoms with E-state index < -0.39 is 0 Å². The highest BCUT2D eigenvalue weighted by atomic mass is 16.1. The molecule has 2 aliphatic carbocycles. The van der Waals surface area contributed by atoms with Gasteiger partial charge in [0, 0.05) is 18.0 Å². The molecule has 158 valence electrons. The van der Waals surface area contributed by atoms with E-state index in [1.54, 1.807) is 0 Å². The first-order valence-electron chi connectivity index (χ1n) is 11.5. The molecule has 0 bridgehead atoms. The summed E-state index contributed by atoms with van der Waals surface area (Å²) < 4.78 is 0. The summed E-state index contributed by atoms with van der Waals surface area (Å²) in [5, 5.41) is 6.92. The second-order valence-electron chi connectivity index (χ2n) is 11.7. The summed E-state index contributed by atoms with van der Waals surface area (Å²) in [5.41, 5.74) is 0.646. The number of rotatable bonds is 6. The van der Waals surface area contributed by atoms with Crippen LogP contribution in [0.2, 0.25) is 0 Å². The van der Waals surface area contributed by atoms with Crippen LogP contribution in [-0.2, 0) is 4.79 Å². The topological polar surface area (TPSA) is 41.1 Å². The van der Waals surface area contributed by atoms with E-state index in [4.69, 9.17) is 0 Å². The van der Waals surface area contributed by atoms with Gasteiger partial charge in [-0.15, -0.1) is 0 Å². The second-order valence-corrected chi connectivity index (χ2v) is 11.7. The Bertz CT molecular complexity index is 444. The number of hydrogen-bond donors (Lipinski definition) is 2. The number of carbonyl (C=O) groups excluding carboxylic acids is 1. The van der Waals surface area contributed by atoms with Gasteiger partial charge in [0.25, 0.3) is 0 Å². The molecule has 0 aromatic carbocycles. The number of carbonyl (C=O) groups is 1. The summed E-state index contributed by atoms with van der Waals surface area (Å²) in [4.78, 5) is 12.6. The van der Waals surface area contributed by atoms with Crippen LogP contribution in [0.4, 0.5) is 0 Å². The number of amides is 1.